The van der Waals surface area contributed by atoms with E-state index in [9.17, 15) is 18.0 Å². The highest BCUT2D eigenvalue weighted by molar-refractivity contribution is 9.12. The van der Waals surface area contributed by atoms with Crippen molar-refractivity contribution in [2.24, 2.45) is 11.8 Å². The van der Waals surface area contributed by atoms with Gasteiger partial charge in [0.05, 0.1) is 19.4 Å². The van der Waals surface area contributed by atoms with Crippen LogP contribution in [0.5, 0.6) is 0 Å². The van der Waals surface area contributed by atoms with Crippen LogP contribution in [0, 0.1) is 11.8 Å². The van der Waals surface area contributed by atoms with Gasteiger partial charge in [0.15, 0.2) is 0 Å². The van der Waals surface area contributed by atoms with Gasteiger partial charge in [0.1, 0.15) is 4.90 Å². The summed E-state index contributed by atoms with van der Waals surface area (Å²) >= 11 is 7.75. The second kappa shape index (κ2) is 5.41. The number of carbonyl (C=O) groups excluding carboxylic acids is 2. The second-order valence-electron chi connectivity index (χ2n) is 4.79. The highest BCUT2D eigenvalue weighted by Gasteiger charge is 2.49. The number of ether oxygens (including phenoxy) is 1. The third-order valence-electron chi connectivity index (χ3n) is 3.63. The number of piperidine rings is 1. The van der Waals surface area contributed by atoms with E-state index in [-0.39, 0.29) is 18.0 Å². The molecule has 0 spiro atoms. The number of hydrogen-bond acceptors (Lipinski definition) is 6. The van der Waals surface area contributed by atoms with Crippen molar-refractivity contribution >= 4 is 65.2 Å². The number of sulfonamides is 1. The van der Waals surface area contributed by atoms with Gasteiger partial charge in [0.25, 0.3) is 0 Å². The van der Waals surface area contributed by atoms with Crippen molar-refractivity contribution in [1.29, 1.82) is 0 Å². The van der Waals surface area contributed by atoms with Crippen molar-refractivity contribution in [2.75, 3.05) is 13.1 Å². The Morgan fingerprint density at radius 3 is 2.52 bits per heavy atom. The molecule has 2 fully saturated rings. The van der Waals surface area contributed by atoms with E-state index in [1.807, 2.05) is 0 Å². The zero-order chi connectivity index (χ0) is 15.4. The molecule has 114 valence electrons. The predicted molar refractivity (Wildman–Crippen MR) is 81.2 cm³/mol. The Kier molecular flexibility index (Phi) is 4.02. The molecule has 1 aromatic heterocycles. The zero-order valence-corrected chi connectivity index (χ0v) is 15.2. The van der Waals surface area contributed by atoms with Crippen molar-refractivity contribution < 1.29 is 22.7 Å². The molecule has 1 aromatic rings. The van der Waals surface area contributed by atoms with Crippen LogP contribution in [0.15, 0.2) is 18.5 Å². The van der Waals surface area contributed by atoms with E-state index in [0.717, 1.165) is 0 Å². The number of fused-ring (bicyclic) bond motifs is 1. The van der Waals surface area contributed by atoms with Gasteiger partial charge in [-0.25, -0.2) is 8.42 Å². The fraction of sp³-hybridized carbons (Fsp3) is 0.455. The van der Waals surface area contributed by atoms with Gasteiger partial charge in [-0.05, 0) is 44.3 Å². The van der Waals surface area contributed by atoms with Crippen LogP contribution < -0.4 is 0 Å². The minimum atomic E-state index is -3.70. The molecular weight excluding hydrogens is 450 g/mol. The summed E-state index contributed by atoms with van der Waals surface area (Å²) in [4.78, 5) is 23.3. The molecule has 10 heteroatoms. The van der Waals surface area contributed by atoms with Gasteiger partial charge in [-0.1, -0.05) is 0 Å². The molecule has 0 N–H and O–H groups in total. The highest BCUT2D eigenvalue weighted by atomic mass is 79.9. The van der Waals surface area contributed by atoms with E-state index in [1.54, 1.807) is 0 Å². The molecule has 0 radical (unpaired) electrons. The first-order chi connectivity index (χ1) is 9.80. The normalized spacial score (nSPS) is 26.8. The van der Waals surface area contributed by atoms with Gasteiger partial charge in [-0.2, -0.15) is 4.31 Å². The highest BCUT2D eigenvalue weighted by Crippen LogP contribution is 2.39. The van der Waals surface area contributed by atoms with E-state index in [0.29, 0.717) is 14.0 Å². The molecule has 2 atom stereocenters. The maximum Gasteiger partial charge on any atom is 0.318 e. The molecule has 3 heterocycles. The number of nitrogens with zero attached hydrogens (tertiary/aromatic N) is 1. The van der Waals surface area contributed by atoms with Gasteiger partial charge in [-0.3, -0.25) is 9.59 Å². The van der Waals surface area contributed by atoms with Gasteiger partial charge in [0.2, 0.25) is 10.0 Å². The van der Waals surface area contributed by atoms with E-state index < -0.39 is 33.8 Å². The number of halogens is 2. The number of esters is 2. The Labute approximate surface area is 141 Å². The van der Waals surface area contributed by atoms with Crippen molar-refractivity contribution in [3.05, 3.63) is 13.6 Å². The largest absolute Gasteiger partial charge is 0.393 e. The summed E-state index contributed by atoms with van der Waals surface area (Å²) in [6.07, 6.45) is 0.303. The molecule has 3 rings (SSSR count). The van der Waals surface area contributed by atoms with Crippen molar-refractivity contribution in [1.82, 2.24) is 4.31 Å². The first-order valence-corrected chi connectivity index (χ1v) is 9.85. The minimum Gasteiger partial charge on any atom is -0.393 e. The molecule has 2 aliphatic rings. The van der Waals surface area contributed by atoms with Crippen LogP contribution in [0.3, 0.4) is 0 Å². The topological polar surface area (TPSA) is 80.8 Å². The van der Waals surface area contributed by atoms with Crippen LogP contribution in [-0.2, 0) is 24.3 Å². The Hall–Kier alpha value is -0.290. The Bertz CT molecular complexity index is 729. The van der Waals surface area contributed by atoms with Gasteiger partial charge >= 0.3 is 11.9 Å². The summed E-state index contributed by atoms with van der Waals surface area (Å²) in [7, 11) is -3.70. The van der Waals surface area contributed by atoms with E-state index in [2.05, 4.69) is 36.6 Å². The molecular formula is C11H9Br2NO5S2. The molecule has 0 bridgehead atoms. The smallest absolute Gasteiger partial charge is 0.318 e. The van der Waals surface area contributed by atoms with E-state index >= 15 is 0 Å². The molecule has 0 aromatic carbocycles. The second-order valence-corrected chi connectivity index (χ2v) is 10.4. The Morgan fingerprint density at radius 2 is 1.90 bits per heavy atom. The first-order valence-electron chi connectivity index (χ1n) is 6.01. The lowest BCUT2D eigenvalue weighted by molar-refractivity contribution is -0.153. The van der Waals surface area contributed by atoms with Crippen LogP contribution >= 0.6 is 43.2 Å². The molecule has 2 saturated heterocycles. The lowest BCUT2D eigenvalue weighted by Gasteiger charge is -2.30. The Morgan fingerprint density at radius 1 is 1.24 bits per heavy atom. The predicted octanol–water partition coefficient (Wildman–Crippen LogP) is 1.98. The maximum absolute atomic E-state index is 12.6. The monoisotopic (exact) mass is 457 g/mol. The Balaban J connectivity index is 1.90. The molecule has 2 unspecified atom stereocenters. The average Bonchev–Trinajstić information content (AvgIpc) is 2.90. The number of carbonyl (C=O) groups is 2. The van der Waals surface area contributed by atoms with Crippen LogP contribution in [-0.4, -0.2) is 37.8 Å². The quantitative estimate of drug-likeness (QED) is 0.500. The molecule has 21 heavy (non-hydrogen) atoms. The SMILES string of the molecule is O=C1OC(=O)C2CN(S(=O)(=O)c3cc(Br)sc3Br)CCC12. The van der Waals surface area contributed by atoms with Crippen molar-refractivity contribution in [3.63, 3.8) is 0 Å². The minimum absolute atomic E-state index is 0.0164. The summed E-state index contributed by atoms with van der Waals surface area (Å²) in [5.41, 5.74) is 0. The zero-order valence-electron chi connectivity index (χ0n) is 10.4. The molecule has 0 amide bonds. The fourth-order valence-corrected chi connectivity index (χ4v) is 7.79. The first kappa shape index (κ1) is 15.6. The summed E-state index contributed by atoms with van der Waals surface area (Å²) in [6, 6.07) is 1.52. The van der Waals surface area contributed by atoms with Crippen LogP contribution in [0.4, 0.5) is 0 Å². The summed E-state index contributed by atoms with van der Waals surface area (Å²) in [6.45, 7) is 0.184. The molecule has 6 nitrogen and oxygen atoms in total. The number of thiophene rings is 1. The van der Waals surface area contributed by atoms with Crippen LogP contribution in [0.2, 0.25) is 0 Å². The summed E-state index contributed by atoms with van der Waals surface area (Å²) < 4.78 is 32.3. The van der Waals surface area contributed by atoms with Crippen LogP contribution in [0.25, 0.3) is 0 Å². The lowest BCUT2D eigenvalue weighted by Crippen LogP contribution is -2.44. The third kappa shape index (κ3) is 2.61. The molecule has 2 aliphatic heterocycles. The van der Waals surface area contributed by atoms with E-state index in [4.69, 9.17) is 0 Å². The van der Waals surface area contributed by atoms with E-state index in [1.165, 1.54) is 21.7 Å². The number of hydrogen-bond donors (Lipinski definition) is 0. The van der Waals surface area contributed by atoms with Crippen molar-refractivity contribution in [2.45, 2.75) is 11.3 Å². The fourth-order valence-electron chi connectivity index (χ4n) is 2.55. The molecule has 0 aliphatic carbocycles. The molecule has 0 saturated carbocycles. The van der Waals surface area contributed by atoms with Crippen LogP contribution in [0.1, 0.15) is 6.42 Å². The lowest BCUT2D eigenvalue weighted by atomic mass is 9.89. The third-order valence-corrected chi connectivity index (χ3v) is 8.25. The maximum atomic E-state index is 12.6. The summed E-state index contributed by atoms with van der Waals surface area (Å²) in [5.74, 6) is -2.37. The number of cyclic esters (lactones) is 2. The number of rotatable bonds is 2. The van der Waals surface area contributed by atoms with Gasteiger partial charge in [-0.15, -0.1) is 11.3 Å². The average molecular weight is 459 g/mol. The van der Waals surface area contributed by atoms with Crippen molar-refractivity contribution in [3.8, 4) is 0 Å². The standard InChI is InChI=1S/C11H9Br2NO5S2/c12-8-3-7(9(13)20-8)21(17,18)14-2-1-5-6(4-14)11(16)19-10(5)15/h3,5-6H,1-2,4H2. The van der Waals surface area contributed by atoms with Gasteiger partial charge in [0, 0.05) is 13.1 Å². The summed E-state index contributed by atoms with van der Waals surface area (Å²) in [5, 5.41) is 0. The van der Waals surface area contributed by atoms with Gasteiger partial charge < -0.3 is 4.74 Å².